The monoisotopic (exact) mass is 307 g/mol. The number of halogens is 6. The number of benzene rings is 1. The molecule has 0 saturated heterocycles. The van der Waals surface area contributed by atoms with E-state index in [9.17, 15) is 34.8 Å². The quantitative estimate of drug-likeness (QED) is 0.853. The maximum Gasteiger partial charge on any atom is 0.416 e. The molecule has 10 heteroatoms. The molecular formula is C9H7F6NO2S. The Morgan fingerprint density at radius 2 is 1.26 bits per heavy atom. The molecule has 0 heterocycles. The summed E-state index contributed by atoms with van der Waals surface area (Å²) in [7, 11) is -3.99. The van der Waals surface area contributed by atoms with Crippen LogP contribution in [-0.2, 0) is 22.4 Å². The van der Waals surface area contributed by atoms with E-state index in [0.29, 0.717) is 6.26 Å². The Labute approximate surface area is 104 Å². The van der Waals surface area contributed by atoms with Crippen molar-refractivity contribution in [3.8, 4) is 0 Å². The smallest absolute Gasteiger partial charge is 0.284 e. The first-order valence-corrected chi connectivity index (χ1v) is 6.45. The van der Waals surface area contributed by atoms with Crippen molar-refractivity contribution >= 4 is 15.7 Å². The fraction of sp³-hybridized carbons (Fsp3) is 0.333. The molecule has 108 valence electrons. The van der Waals surface area contributed by atoms with Crippen LogP contribution in [0.1, 0.15) is 11.1 Å². The van der Waals surface area contributed by atoms with Gasteiger partial charge in [-0.25, -0.2) is 8.42 Å². The topological polar surface area (TPSA) is 46.2 Å². The van der Waals surface area contributed by atoms with Crippen LogP contribution in [0.4, 0.5) is 32.0 Å². The van der Waals surface area contributed by atoms with Crippen LogP contribution in [0.3, 0.4) is 0 Å². The van der Waals surface area contributed by atoms with Gasteiger partial charge >= 0.3 is 12.4 Å². The number of hydrogen-bond acceptors (Lipinski definition) is 2. The van der Waals surface area contributed by atoms with Gasteiger partial charge in [0.2, 0.25) is 10.0 Å². The first-order valence-electron chi connectivity index (χ1n) is 4.56. The first kappa shape index (κ1) is 15.6. The summed E-state index contributed by atoms with van der Waals surface area (Å²) in [5, 5.41) is 0. The second kappa shape index (κ2) is 4.58. The minimum Gasteiger partial charge on any atom is -0.284 e. The molecule has 0 atom stereocenters. The highest BCUT2D eigenvalue weighted by atomic mass is 32.2. The van der Waals surface area contributed by atoms with Crippen LogP contribution in [0.2, 0.25) is 0 Å². The van der Waals surface area contributed by atoms with Crippen LogP contribution < -0.4 is 4.72 Å². The van der Waals surface area contributed by atoms with Crippen LogP contribution in [0.15, 0.2) is 18.2 Å². The van der Waals surface area contributed by atoms with Crippen molar-refractivity contribution in [1.82, 2.24) is 0 Å². The SMILES string of the molecule is CS(=O)(=O)Nc1cc(C(F)(F)F)cc(C(F)(F)F)c1. The minimum atomic E-state index is -5.02. The predicted octanol–water partition coefficient (Wildman–Crippen LogP) is 3.10. The molecule has 0 aliphatic carbocycles. The molecule has 0 aliphatic rings. The Morgan fingerprint density at radius 3 is 1.53 bits per heavy atom. The maximum absolute atomic E-state index is 12.4. The van der Waals surface area contributed by atoms with E-state index in [-0.39, 0.29) is 18.2 Å². The molecule has 0 fully saturated rings. The number of anilines is 1. The van der Waals surface area contributed by atoms with Gasteiger partial charge in [0.1, 0.15) is 0 Å². The third kappa shape index (κ3) is 4.62. The molecule has 1 rings (SSSR count). The summed E-state index contributed by atoms with van der Waals surface area (Å²) in [4.78, 5) is 0. The standard InChI is InChI=1S/C9H7F6NO2S/c1-19(17,18)16-7-3-5(8(10,11)12)2-6(4-7)9(13,14)15/h2-4,16H,1H3. The van der Waals surface area contributed by atoms with Crippen molar-refractivity contribution < 1.29 is 34.8 Å². The summed E-state index contributed by atoms with van der Waals surface area (Å²) >= 11 is 0. The van der Waals surface area contributed by atoms with E-state index in [4.69, 9.17) is 0 Å². The van der Waals surface area contributed by atoms with E-state index < -0.39 is 39.2 Å². The van der Waals surface area contributed by atoms with Gasteiger partial charge in [0.25, 0.3) is 0 Å². The predicted molar refractivity (Wildman–Crippen MR) is 54.9 cm³/mol. The summed E-state index contributed by atoms with van der Waals surface area (Å²) in [6, 6.07) is 0.486. The highest BCUT2D eigenvalue weighted by Gasteiger charge is 2.37. The normalized spacial score (nSPS) is 13.4. The van der Waals surface area contributed by atoms with E-state index in [1.807, 2.05) is 0 Å². The Bertz CT molecular complexity index is 543. The Hall–Kier alpha value is -1.45. The minimum absolute atomic E-state index is 0.0898. The molecule has 0 aliphatic heterocycles. The van der Waals surface area contributed by atoms with Crippen LogP contribution in [0.25, 0.3) is 0 Å². The largest absolute Gasteiger partial charge is 0.416 e. The Kier molecular flexibility index (Phi) is 3.76. The van der Waals surface area contributed by atoms with E-state index in [2.05, 4.69) is 0 Å². The molecule has 0 spiro atoms. The molecule has 1 aromatic carbocycles. The maximum atomic E-state index is 12.4. The summed E-state index contributed by atoms with van der Waals surface area (Å²) in [5.41, 5.74) is -3.98. The lowest BCUT2D eigenvalue weighted by Crippen LogP contribution is -2.14. The van der Waals surface area contributed by atoms with Gasteiger partial charge in [-0.3, -0.25) is 4.72 Å². The average Bonchev–Trinajstić information content (AvgIpc) is 2.11. The van der Waals surface area contributed by atoms with Crippen LogP contribution in [0, 0.1) is 0 Å². The molecule has 0 aromatic heterocycles. The molecule has 0 unspecified atom stereocenters. The number of alkyl halides is 6. The lowest BCUT2D eigenvalue weighted by atomic mass is 10.1. The lowest BCUT2D eigenvalue weighted by Gasteiger charge is -2.14. The summed E-state index contributed by atoms with van der Waals surface area (Å²) in [6.45, 7) is 0. The van der Waals surface area contributed by atoms with Crippen molar-refractivity contribution in [2.24, 2.45) is 0 Å². The number of sulfonamides is 1. The van der Waals surface area contributed by atoms with Crippen LogP contribution >= 0.6 is 0 Å². The molecule has 0 radical (unpaired) electrons. The van der Waals surface area contributed by atoms with Crippen molar-refractivity contribution in [3.05, 3.63) is 29.3 Å². The fourth-order valence-electron chi connectivity index (χ4n) is 1.23. The van der Waals surface area contributed by atoms with Crippen LogP contribution in [-0.4, -0.2) is 14.7 Å². The van der Waals surface area contributed by atoms with Gasteiger partial charge < -0.3 is 0 Å². The second-order valence-electron chi connectivity index (χ2n) is 3.67. The molecular weight excluding hydrogens is 300 g/mol. The van der Waals surface area contributed by atoms with Crippen molar-refractivity contribution in [2.45, 2.75) is 12.4 Å². The van der Waals surface area contributed by atoms with Gasteiger partial charge in [-0.15, -0.1) is 0 Å². The van der Waals surface area contributed by atoms with Gasteiger partial charge in [0.15, 0.2) is 0 Å². The Morgan fingerprint density at radius 1 is 0.895 bits per heavy atom. The van der Waals surface area contributed by atoms with Crippen molar-refractivity contribution in [1.29, 1.82) is 0 Å². The zero-order valence-corrected chi connectivity index (χ0v) is 10.0. The van der Waals surface area contributed by atoms with Gasteiger partial charge in [0.05, 0.1) is 17.4 Å². The molecule has 0 bridgehead atoms. The van der Waals surface area contributed by atoms with E-state index in [0.717, 1.165) is 0 Å². The third-order valence-corrected chi connectivity index (χ3v) is 2.50. The highest BCUT2D eigenvalue weighted by Crippen LogP contribution is 2.37. The molecule has 0 saturated carbocycles. The van der Waals surface area contributed by atoms with E-state index in [1.165, 1.54) is 0 Å². The number of nitrogens with one attached hydrogen (secondary N) is 1. The second-order valence-corrected chi connectivity index (χ2v) is 5.42. The Balaban J connectivity index is 3.41. The molecule has 3 nitrogen and oxygen atoms in total. The van der Waals surface area contributed by atoms with Crippen LogP contribution in [0.5, 0.6) is 0 Å². The fourth-order valence-corrected chi connectivity index (χ4v) is 1.77. The van der Waals surface area contributed by atoms with Crippen molar-refractivity contribution in [2.75, 3.05) is 11.0 Å². The molecule has 1 aromatic rings. The van der Waals surface area contributed by atoms with Gasteiger partial charge in [-0.1, -0.05) is 0 Å². The zero-order valence-electron chi connectivity index (χ0n) is 9.22. The molecule has 19 heavy (non-hydrogen) atoms. The lowest BCUT2D eigenvalue weighted by molar-refractivity contribution is -0.143. The number of hydrogen-bond donors (Lipinski definition) is 1. The van der Waals surface area contributed by atoms with Gasteiger partial charge in [-0.2, -0.15) is 26.3 Å². The first-order chi connectivity index (χ1) is 8.29. The van der Waals surface area contributed by atoms with Gasteiger partial charge in [0, 0.05) is 5.69 Å². The molecule has 0 amide bonds. The zero-order chi connectivity index (χ0) is 15.1. The third-order valence-electron chi connectivity index (χ3n) is 1.89. The summed E-state index contributed by atoms with van der Waals surface area (Å²) < 4.78 is 97.8. The summed E-state index contributed by atoms with van der Waals surface area (Å²) in [6.07, 6.45) is -9.43. The average molecular weight is 307 g/mol. The number of rotatable bonds is 2. The summed E-state index contributed by atoms with van der Waals surface area (Å²) in [5.74, 6) is 0. The molecule has 1 N–H and O–H groups in total. The van der Waals surface area contributed by atoms with Gasteiger partial charge in [-0.05, 0) is 18.2 Å². The van der Waals surface area contributed by atoms with E-state index >= 15 is 0 Å². The van der Waals surface area contributed by atoms with Crippen molar-refractivity contribution in [3.63, 3.8) is 0 Å². The highest BCUT2D eigenvalue weighted by molar-refractivity contribution is 7.92. The van der Waals surface area contributed by atoms with E-state index in [1.54, 1.807) is 4.72 Å².